The number of aryl methyl sites for hydroxylation is 1. The van der Waals surface area contributed by atoms with E-state index < -0.39 is 24.0 Å². The molecule has 196 valence electrons. The molecule has 0 amide bonds. The molecule has 0 atom stereocenters. The number of hydrogen-bond donors (Lipinski definition) is 3. The zero-order valence-electron chi connectivity index (χ0n) is 20.5. The van der Waals surface area contributed by atoms with Gasteiger partial charge in [-0.2, -0.15) is 13.2 Å². The van der Waals surface area contributed by atoms with Crippen molar-refractivity contribution in [3.8, 4) is 17.0 Å². The topological polar surface area (TPSA) is 82.5 Å². The second-order valence-corrected chi connectivity index (χ2v) is 8.54. The van der Waals surface area contributed by atoms with Gasteiger partial charge in [-0.15, -0.1) is 0 Å². The van der Waals surface area contributed by atoms with Gasteiger partial charge >= 0.3 is 6.18 Å². The molecule has 1 aromatic heterocycles. The Hall–Kier alpha value is -3.17. The summed E-state index contributed by atoms with van der Waals surface area (Å²) in [6.45, 7) is 6.19. The van der Waals surface area contributed by atoms with Gasteiger partial charge in [0.1, 0.15) is 17.2 Å². The Morgan fingerprint density at radius 3 is 2.14 bits per heavy atom. The summed E-state index contributed by atoms with van der Waals surface area (Å²) in [6.07, 6.45) is -4.33. The number of aldehydes is 1. The molecule has 0 aliphatic heterocycles. The lowest BCUT2D eigenvalue weighted by Gasteiger charge is -2.19. The second kappa shape index (κ2) is 13.2. The molecule has 0 aliphatic carbocycles. The van der Waals surface area contributed by atoms with Crippen molar-refractivity contribution < 1.29 is 32.6 Å². The van der Waals surface area contributed by atoms with Crippen molar-refractivity contribution in [1.29, 1.82) is 0 Å². The molecule has 0 bridgehead atoms. The maximum absolute atomic E-state index is 14.0. The molecule has 0 fully saturated rings. The molecule has 0 saturated carbocycles. The predicted octanol–water partition coefficient (Wildman–Crippen LogP) is 7.28. The number of aromatic nitrogens is 1. The zero-order valence-corrected chi connectivity index (χ0v) is 21.3. The number of rotatable bonds is 4. The second-order valence-electron chi connectivity index (χ2n) is 8.13. The third-order valence-electron chi connectivity index (χ3n) is 4.76. The van der Waals surface area contributed by atoms with Gasteiger partial charge in [-0.05, 0) is 56.7 Å². The molecule has 5 nitrogen and oxygen atoms in total. The van der Waals surface area contributed by atoms with Crippen LogP contribution < -0.4 is 5.32 Å². The van der Waals surface area contributed by atoms with Gasteiger partial charge < -0.3 is 15.5 Å². The van der Waals surface area contributed by atoms with E-state index in [-0.39, 0.29) is 33.3 Å². The maximum atomic E-state index is 14.0. The average molecular weight is 529 g/mol. The van der Waals surface area contributed by atoms with Crippen molar-refractivity contribution in [2.45, 2.75) is 45.9 Å². The summed E-state index contributed by atoms with van der Waals surface area (Å²) in [7, 11) is 1.93. The number of nitrogens with one attached hydrogen (secondary N) is 1. The van der Waals surface area contributed by atoms with E-state index in [0.29, 0.717) is 6.29 Å². The number of phenols is 1. The van der Waals surface area contributed by atoms with Crippen molar-refractivity contribution >= 4 is 23.6 Å². The van der Waals surface area contributed by atoms with Crippen LogP contribution in [0.15, 0.2) is 48.5 Å². The maximum Gasteiger partial charge on any atom is 0.388 e. The van der Waals surface area contributed by atoms with Crippen molar-refractivity contribution in [2.24, 2.45) is 0 Å². The van der Waals surface area contributed by atoms with E-state index in [9.17, 15) is 32.6 Å². The number of aromatic hydroxyl groups is 1. The van der Waals surface area contributed by atoms with E-state index in [2.05, 4.69) is 29.4 Å². The number of alkyl halides is 3. The number of halogens is 5. The molecule has 0 saturated heterocycles. The minimum absolute atomic E-state index is 0.0141. The minimum atomic E-state index is -3.96. The summed E-state index contributed by atoms with van der Waals surface area (Å²) in [4.78, 5) is 14.8. The van der Waals surface area contributed by atoms with Crippen molar-refractivity contribution in [3.63, 3.8) is 0 Å². The first-order valence-corrected chi connectivity index (χ1v) is 11.2. The van der Waals surface area contributed by atoms with Gasteiger partial charge in [0.2, 0.25) is 0 Å². The molecule has 2 aromatic carbocycles. The monoisotopic (exact) mass is 528 g/mol. The molecule has 10 heteroatoms. The number of pyridine rings is 1. The number of para-hydroxylation sites is 1. The Balaban J connectivity index is 0.000000354. The third kappa shape index (κ3) is 9.47. The van der Waals surface area contributed by atoms with Crippen LogP contribution in [0, 0.1) is 12.7 Å². The van der Waals surface area contributed by atoms with Crippen molar-refractivity contribution in [3.05, 3.63) is 76.2 Å². The molecular weight excluding hydrogens is 500 g/mol. The van der Waals surface area contributed by atoms with Gasteiger partial charge in [0.15, 0.2) is 6.29 Å². The smallest absolute Gasteiger partial charge is 0.388 e. The molecule has 0 radical (unpaired) electrons. The highest BCUT2D eigenvalue weighted by molar-refractivity contribution is 6.31. The van der Waals surface area contributed by atoms with E-state index >= 15 is 0 Å². The van der Waals surface area contributed by atoms with E-state index in [0.717, 1.165) is 19.1 Å². The average Bonchev–Trinajstić information content (AvgIpc) is 2.80. The predicted molar refractivity (Wildman–Crippen MR) is 134 cm³/mol. The third-order valence-corrected chi connectivity index (χ3v) is 5.07. The summed E-state index contributed by atoms with van der Waals surface area (Å²) in [5, 5.41) is 23.0. The number of carbonyl (C=O) groups excluding carboxylic acids is 1. The fraction of sp³-hybridized carbons (Fsp3) is 0.308. The van der Waals surface area contributed by atoms with Gasteiger partial charge in [-0.25, -0.2) is 9.37 Å². The lowest BCUT2D eigenvalue weighted by atomic mass is 10.0. The minimum Gasteiger partial charge on any atom is -0.507 e. The Bertz CT molecular complexity index is 1160. The van der Waals surface area contributed by atoms with Crippen LogP contribution in [-0.4, -0.2) is 34.7 Å². The summed E-state index contributed by atoms with van der Waals surface area (Å²) in [5.41, 5.74) is 1.46. The molecule has 3 aromatic rings. The standard InChI is InChI=1S/C15H13ClFNO3.C8H11N.C3H5F3/c1-15(2,21)14-10(16)3-4-12(18-14)9-6-13(20)8(7-19)5-11(9)17;1-7-5-3-4-6-8(7)9-2;1-2-3(4,5)6/h3-7,20-21H,1-2H3;3-6,9H,1-2H3;2H2,1H3. The number of phenolic OH excluding ortho intramolecular Hbond substituents is 1. The van der Waals surface area contributed by atoms with Crippen LogP contribution in [0.3, 0.4) is 0 Å². The number of nitrogens with zero attached hydrogens (tertiary/aromatic N) is 1. The Morgan fingerprint density at radius 1 is 1.11 bits per heavy atom. The summed E-state index contributed by atoms with van der Waals surface area (Å²) < 4.78 is 46.4. The van der Waals surface area contributed by atoms with E-state index in [1.54, 1.807) is 0 Å². The number of carbonyl (C=O) groups is 1. The lowest BCUT2D eigenvalue weighted by Crippen LogP contribution is -2.18. The number of anilines is 1. The number of hydrogen-bond acceptors (Lipinski definition) is 5. The van der Waals surface area contributed by atoms with Crippen LogP contribution in [0.1, 0.15) is 48.8 Å². The Kier molecular flexibility index (Phi) is 11.3. The molecule has 1 heterocycles. The first-order chi connectivity index (χ1) is 16.6. The van der Waals surface area contributed by atoms with Gasteiger partial charge in [0.05, 0.1) is 22.0 Å². The quantitative estimate of drug-likeness (QED) is 0.245. The largest absolute Gasteiger partial charge is 0.507 e. The summed E-state index contributed by atoms with van der Waals surface area (Å²) >= 11 is 5.98. The molecular formula is C26H29ClF4N2O3. The van der Waals surface area contributed by atoms with Crippen LogP contribution in [-0.2, 0) is 5.60 Å². The fourth-order valence-corrected chi connectivity index (χ4v) is 3.08. The lowest BCUT2D eigenvalue weighted by molar-refractivity contribution is -0.130. The van der Waals surface area contributed by atoms with Gasteiger partial charge in [0.25, 0.3) is 0 Å². The van der Waals surface area contributed by atoms with Gasteiger partial charge in [-0.3, -0.25) is 4.79 Å². The number of benzene rings is 2. The van der Waals surface area contributed by atoms with E-state index in [4.69, 9.17) is 11.6 Å². The highest BCUT2D eigenvalue weighted by Crippen LogP contribution is 2.32. The van der Waals surface area contributed by atoms with Crippen LogP contribution >= 0.6 is 11.6 Å². The normalized spacial score (nSPS) is 11.0. The van der Waals surface area contributed by atoms with Crippen molar-refractivity contribution in [2.75, 3.05) is 12.4 Å². The summed E-state index contributed by atoms with van der Waals surface area (Å²) in [6, 6.07) is 13.2. The molecule has 36 heavy (non-hydrogen) atoms. The number of aliphatic hydroxyl groups is 1. The molecule has 0 spiro atoms. The van der Waals surface area contributed by atoms with Gasteiger partial charge in [0, 0.05) is 24.7 Å². The zero-order chi connectivity index (χ0) is 27.7. The summed E-state index contributed by atoms with van der Waals surface area (Å²) in [5.74, 6) is -1.05. The van der Waals surface area contributed by atoms with Crippen molar-refractivity contribution in [1.82, 2.24) is 4.98 Å². The highest BCUT2D eigenvalue weighted by atomic mass is 35.5. The van der Waals surface area contributed by atoms with E-state index in [1.807, 2.05) is 19.2 Å². The van der Waals surface area contributed by atoms with Crippen LogP contribution in [0.4, 0.5) is 23.2 Å². The molecule has 3 rings (SSSR count). The van der Waals surface area contributed by atoms with Crippen LogP contribution in [0.25, 0.3) is 11.3 Å². The molecule has 3 N–H and O–H groups in total. The van der Waals surface area contributed by atoms with Gasteiger partial charge in [-0.1, -0.05) is 36.7 Å². The first-order valence-electron chi connectivity index (χ1n) is 10.8. The Morgan fingerprint density at radius 2 is 1.69 bits per heavy atom. The first kappa shape index (κ1) is 30.9. The Labute approximate surface area is 212 Å². The van der Waals surface area contributed by atoms with Crippen LogP contribution in [0.5, 0.6) is 5.75 Å². The van der Waals surface area contributed by atoms with E-state index in [1.165, 1.54) is 37.2 Å². The molecule has 0 aliphatic rings. The molecule has 0 unspecified atom stereocenters. The highest BCUT2D eigenvalue weighted by Gasteiger charge is 2.23. The van der Waals surface area contributed by atoms with Crippen LogP contribution in [0.2, 0.25) is 5.02 Å². The SMILES string of the molecule is CC(C)(O)c1nc(-c2cc(O)c(C=O)cc2F)ccc1Cl.CCC(F)(F)F.CNc1ccccc1C. The fourth-order valence-electron chi connectivity index (χ4n) is 2.74.